The van der Waals surface area contributed by atoms with Crippen LogP contribution in [0.2, 0.25) is 0 Å². The predicted octanol–water partition coefficient (Wildman–Crippen LogP) is 2.12. The number of hydrogen-bond donors (Lipinski definition) is 1. The minimum Gasteiger partial charge on any atom is -0.243 e. The highest BCUT2D eigenvalue weighted by atomic mass is 15.0. The lowest BCUT2D eigenvalue weighted by molar-refractivity contribution is -0.644. The molecule has 13 heavy (non-hydrogen) atoms. The first kappa shape index (κ1) is 8.30. The molecular weight excluding hydrogens is 160 g/mol. The van der Waals surface area contributed by atoms with Crippen molar-refractivity contribution in [3.63, 3.8) is 0 Å². The zero-order chi connectivity index (χ0) is 9.42. The fourth-order valence-corrected chi connectivity index (χ4v) is 1.57. The maximum Gasteiger partial charge on any atom is 0.242 e. The highest BCUT2D eigenvalue weighted by Crippen LogP contribution is 2.17. The van der Waals surface area contributed by atoms with Crippen LogP contribution in [0.5, 0.6) is 0 Å². The number of H-pyrrole nitrogens is 1. The smallest absolute Gasteiger partial charge is 0.242 e. The van der Waals surface area contributed by atoms with Crippen LogP contribution in [0.25, 0.3) is 11.0 Å². The Morgan fingerprint density at radius 2 is 2.08 bits per heavy atom. The summed E-state index contributed by atoms with van der Waals surface area (Å²) in [6.07, 6.45) is 1.98. The number of hydrogen-bond acceptors (Lipinski definition) is 0. The Kier molecular flexibility index (Phi) is 1.83. The summed E-state index contributed by atoms with van der Waals surface area (Å²) in [7, 11) is 2.05. The largest absolute Gasteiger partial charge is 0.243 e. The molecule has 0 spiro atoms. The molecule has 2 aromatic rings. The van der Waals surface area contributed by atoms with Crippen LogP contribution < -0.4 is 4.57 Å². The maximum absolute atomic E-state index is 3.25. The van der Waals surface area contributed by atoms with Gasteiger partial charge in [0.2, 0.25) is 6.33 Å². The van der Waals surface area contributed by atoms with E-state index in [9.17, 15) is 0 Å². The van der Waals surface area contributed by atoms with Crippen molar-refractivity contribution < 1.29 is 4.57 Å². The zero-order valence-corrected chi connectivity index (χ0v) is 8.33. The fraction of sp³-hybridized carbons (Fsp3) is 0.364. The third-order valence-electron chi connectivity index (χ3n) is 2.48. The number of aromatic amines is 1. The molecule has 0 unspecified atom stereocenters. The molecule has 1 aromatic carbocycles. The van der Waals surface area contributed by atoms with E-state index in [2.05, 4.69) is 41.6 Å². The maximum atomic E-state index is 3.25. The van der Waals surface area contributed by atoms with E-state index >= 15 is 0 Å². The number of aromatic nitrogens is 2. The standard InChI is InChI=1S/C11H14N2/c1-8(2)9-4-5-11-10(6-9)12-7-13(11)3/h4-8H,1-3H3/p+1. The Labute approximate surface area is 78.2 Å². The minimum atomic E-state index is 0.595. The summed E-state index contributed by atoms with van der Waals surface area (Å²) < 4.78 is 2.10. The summed E-state index contributed by atoms with van der Waals surface area (Å²) >= 11 is 0. The third-order valence-corrected chi connectivity index (χ3v) is 2.48. The van der Waals surface area contributed by atoms with Gasteiger partial charge in [0.05, 0.1) is 7.05 Å². The van der Waals surface area contributed by atoms with Crippen molar-refractivity contribution >= 4 is 11.0 Å². The lowest BCUT2D eigenvalue weighted by Crippen LogP contribution is -2.24. The normalized spacial score (nSPS) is 11.4. The lowest BCUT2D eigenvalue weighted by Gasteiger charge is -2.02. The molecule has 1 aromatic heterocycles. The van der Waals surface area contributed by atoms with Crippen molar-refractivity contribution in [2.75, 3.05) is 0 Å². The van der Waals surface area contributed by atoms with Crippen LogP contribution in [0, 0.1) is 0 Å². The molecule has 0 amide bonds. The van der Waals surface area contributed by atoms with E-state index in [4.69, 9.17) is 0 Å². The molecule has 0 saturated carbocycles. The summed E-state index contributed by atoms with van der Waals surface area (Å²) in [5.74, 6) is 0.595. The Hall–Kier alpha value is -1.31. The molecule has 0 saturated heterocycles. The number of aryl methyl sites for hydroxylation is 1. The van der Waals surface area contributed by atoms with Crippen LogP contribution in [-0.2, 0) is 7.05 Å². The van der Waals surface area contributed by atoms with Gasteiger partial charge in [-0.05, 0) is 23.6 Å². The van der Waals surface area contributed by atoms with Crippen molar-refractivity contribution in [3.05, 3.63) is 30.1 Å². The second-order valence-electron chi connectivity index (χ2n) is 3.82. The van der Waals surface area contributed by atoms with Crippen molar-refractivity contribution in [1.82, 2.24) is 4.98 Å². The van der Waals surface area contributed by atoms with Gasteiger partial charge in [-0.2, -0.15) is 0 Å². The average Bonchev–Trinajstić information content (AvgIpc) is 2.47. The van der Waals surface area contributed by atoms with Gasteiger partial charge < -0.3 is 0 Å². The molecule has 0 atom stereocenters. The van der Waals surface area contributed by atoms with Gasteiger partial charge >= 0.3 is 0 Å². The van der Waals surface area contributed by atoms with E-state index in [1.165, 1.54) is 16.6 Å². The van der Waals surface area contributed by atoms with E-state index in [1.54, 1.807) is 0 Å². The summed E-state index contributed by atoms with van der Waals surface area (Å²) in [4.78, 5) is 3.25. The predicted molar refractivity (Wildman–Crippen MR) is 53.6 cm³/mol. The van der Waals surface area contributed by atoms with Crippen LogP contribution >= 0.6 is 0 Å². The summed E-state index contributed by atoms with van der Waals surface area (Å²) in [6, 6.07) is 6.59. The van der Waals surface area contributed by atoms with Crippen LogP contribution in [0.3, 0.4) is 0 Å². The zero-order valence-electron chi connectivity index (χ0n) is 8.33. The van der Waals surface area contributed by atoms with Gasteiger partial charge in [-0.1, -0.05) is 19.9 Å². The summed E-state index contributed by atoms with van der Waals surface area (Å²) in [6.45, 7) is 4.42. The van der Waals surface area contributed by atoms with Crippen LogP contribution in [0.15, 0.2) is 24.5 Å². The first-order chi connectivity index (χ1) is 6.18. The van der Waals surface area contributed by atoms with Gasteiger partial charge in [-0.25, -0.2) is 9.55 Å². The highest BCUT2D eigenvalue weighted by molar-refractivity contribution is 5.71. The Balaban J connectivity index is 2.63. The van der Waals surface area contributed by atoms with Crippen LogP contribution in [-0.4, -0.2) is 4.98 Å². The van der Waals surface area contributed by atoms with Crippen molar-refractivity contribution in [2.24, 2.45) is 7.05 Å². The minimum absolute atomic E-state index is 0.595. The van der Waals surface area contributed by atoms with Gasteiger partial charge in [0.15, 0.2) is 11.0 Å². The van der Waals surface area contributed by atoms with Crippen LogP contribution in [0.4, 0.5) is 0 Å². The SMILES string of the molecule is CC(C)c1ccc2c(c1)[nH]c[n+]2C. The van der Waals surface area contributed by atoms with Gasteiger partial charge in [0, 0.05) is 0 Å². The fourth-order valence-electron chi connectivity index (χ4n) is 1.57. The first-order valence-corrected chi connectivity index (χ1v) is 4.65. The van der Waals surface area contributed by atoms with Gasteiger partial charge in [0.1, 0.15) is 0 Å². The molecule has 1 heterocycles. The van der Waals surface area contributed by atoms with E-state index in [0.29, 0.717) is 5.92 Å². The van der Waals surface area contributed by atoms with Gasteiger partial charge in [-0.3, -0.25) is 0 Å². The van der Waals surface area contributed by atoms with Crippen molar-refractivity contribution in [1.29, 1.82) is 0 Å². The van der Waals surface area contributed by atoms with Crippen molar-refractivity contribution in [3.8, 4) is 0 Å². The topological polar surface area (TPSA) is 19.7 Å². The van der Waals surface area contributed by atoms with E-state index in [-0.39, 0.29) is 0 Å². The average molecular weight is 175 g/mol. The van der Waals surface area contributed by atoms with Gasteiger partial charge in [-0.15, -0.1) is 0 Å². The molecule has 2 nitrogen and oxygen atoms in total. The number of nitrogens with one attached hydrogen (secondary N) is 1. The quantitative estimate of drug-likeness (QED) is 0.640. The molecule has 1 N–H and O–H groups in total. The highest BCUT2D eigenvalue weighted by Gasteiger charge is 2.07. The molecule has 0 aliphatic heterocycles. The number of nitrogens with zero attached hydrogens (tertiary/aromatic N) is 1. The lowest BCUT2D eigenvalue weighted by atomic mass is 10.0. The second kappa shape index (κ2) is 2.87. The molecule has 0 aliphatic carbocycles. The van der Waals surface area contributed by atoms with Crippen LogP contribution in [0.1, 0.15) is 25.3 Å². The monoisotopic (exact) mass is 175 g/mol. The number of fused-ring (bicyclic) bond motifs is 1. The number of rotatable bonds is 1. The molecule has 2 rings (SSSR count). The molecule has 0 radical (unpaired) electrons. The Bertz CT molecular complexity index is 427. The summed E-state index contributed by atoms with van der Waals surface area (Å²) in [5, 5.41) is 0. The Morgan fingerprint density at radius 1 is 1.31 bits per heavy atom. The van der Waals surface area contributed by atoms with E-state index in [0.717, 1.165) is 0 Å². The first-order valence-electron chi connectivity index (χ1n) is 4.65. The molecule has 68 valence electrons. The van der Waals surface area contributed by atoms with E-state index < -0.39 is 0 Å². The second-order valence-corrected chi connectivity index (χ2v) is 3.82. The Morgan fingerprint density at radius 3 is 2.77 bits per heavy atom. The number of benzene rings is 1. The third kappa shape index (κ3) is 1.32. The molecular formula is C11H15N2+. The van der Waals surface area contributed by atoms with Crippen molar-refractivity contribution in [2.45, 2.75) is 19.8 Å². The number of imidazole rings is 1. The molecule has 2 heteroatoms. The molecule has 0 aliphatic rings. The van der Waals surface area contributed by atoms with E-state index in [1.807, 2.05) is 13.4 Å². The summed E-state index contributed by atoms with van der Waals surface area (Å²) in [5.41, 5.74) is 3.85. The molecule has 0 fully saturated rings. The van der Waals surface area contributed by atoms with Gasteiger partial charge in [0.25, 0.3) is 0 Å². The molecule has 0 bridgehead atoms.